The Bertz CT molecular complexity index is 450. The van der Waals surface area contributed by atoms with Crippen molar-refractivity contribution in [1.29, 1.82) is 0 Å². The van der Waals surface area contributed by atoms with E-state index >= 15 is 0 Å². The zero-order chi connectivity index (χ0) is 16.3. The van der Waals surface area contributed by atoms with Crippen molar-refractivity contribution >= 4 is 5.97 Å². The molecule has 3 nitrogen and oxygen atoms in total. The number of rotatable bonds is 11. The van der Waals surface area contributed by atoms with E-state index in [4.69, 9.17) is 4.74 Å². The average molecular weight is 384 g/mol. The van der Waals surface area contributed by atoms with Crippen molar-refractivity contribution in [2.75, 3.05) is 26.2 Å². The zero-order valence-electron chi connectivity index (χ0n) is 14.5. The summed E-state index contributed by atoms with van der Waals surface area (Å²) in [6.07, 6.45) is 4.40. The maximum Gasteiger partial charge on any atom is 0.330 e. The Morgan fingerprint density at radius 1 is 1.17 bits per heavy atom. The zero-order valence-corrected chi connectivity index (χ0v) is 16.1. The lowest BCUT2D eigenvalue weighted by molar-refractivity contribution is -0.939. The van der Waals surface area contributed by atoms with Crippen molar-refractivity contribution in [3.8, 4) is 0 Å². The molecule has 1 rings (SSSR count). The summed E-state index contributed by atoms with van der Waals surface area (Å²) < 4.78 is 6.16. The van der Waals surface area contributed by atoms with Gasteiger partial charge in [0.15, 0.2) is 0 Å². The summed E-state index contributed by atoms with van der Waals surface area (Å²) in [7, 11) is 0. The topological polar surface area (TPSA) is 26.3 Å². The van der Waals surface area contributed by atoms with Gasteiger partial charge in [0, 0.05) is 11.6 Å². The van der Waals surface area contributed by atoms with Gasteiger partial charge in [0.2, 0.25) is 0 Å². The Kier molecular flexibility index (Phi) is 11.7. The monoisotopic (exact) mass is 383 g/mol. The second-order valence-electron chi connectivity index (χ2n) is 5.83. The quantitative estimate of drug-likeness (QED) is 0.246. The van der Waals surface area contributed by atoms with Crippen LogP contribution in [0.1, 0.15) is 38.7 Å². The van der Waals surface area contributed by atoms with Crippen LogP contribution in [-0.2, 0) is 16.1 Å². The number of hydrogen-bond donors (Lipinski definition) is 0. The lowest BCUT2D eigenvalue weighted by Crippen LogP contribution is -3.00. The highest BCUT2D eigenvalue weighted by Crippen LogP contribution is 2.17. The molecule has 1 aromatic carbocycles. The predicted octanol–water partition coefficient (Wildman–Crippen LogP) is 0.947. The first-order chi connectivity index (χ1) is 10.7. The van der Waals surface area contributed by atoms with Crippen LogP contribution in [0.2, 0.25) is 0 Å². The third kappa shape index (κ3) is 8.33. The fourth-order valence-corrected chi connectivity index (χ4v) is 2.92. The lowest BCUT2D eigenvalue weighted by atomic mass is 10.1. The Morgan fingerprint density at radius 3 is 2.43 bits per heavy atom. The Labute approximate surface area is 151 Å². The minimum absolute atomic E-state index is 0. The normalized spacial score (nSPS) is 12.8. The van der Waals surface area contributed by atoms with Crippen LogP contribution < -0.4 is 17.0 Å². The van der Waals surface area contributed by atoms with Crippen LogP contribution >= 0.6 is 0 Å². The number of quaternary nitrogens is 1. The van der Waals surface area contributed by atoms with Gasteiger partial charge in [-0.1, -0.05) is 43.8 Å². The molecule has 0 bridgehead atoms. The lowest BCUT2D eigenvalue weighted by Gasteiger charge is -2.38. The van der Waals surface area contributed by atoms with Crippen LogP contribution in [0.5, 0.6) is 0 Å². The highest BCUT2D eigenvalue weighted by Gasteiger charge is 2.24. The van der Waals surface area contributed by atoms with Crippen LogP contribution in [0.15, 0.2) is 43.0 Å². The number of benzene rings is 1. The number of esters is 1. The number of nitrogens with zero attached hydrogens (tertiary/aromatic N) is 1. The third-order valence-electron chi connectivity index (χ3n) is 4.17. The second kappa shape index (κ2) is 12.3. The molecule has 0 heterocycles. The molecular weight excluding hydrogens is 354 g/mol. The van der Waals surface area contributed by atoms with Gasteiger partial charge in [0.05, 0.1) is 26.2 Å². The first-order valence-corrected chi connectivity index (χ1v) is 8.34. The minimum atomic E-state index is -0.325. The second-order valence-corrected chi connectivity index (χ2v) is 5.83. The number of carbonyl (C=O) groups excluding carboxylic acids is 1. The molecule has 0 N–H and O–H groups in total. The number of ether oxygens (including phenoxy) is 1. The van der Waals surface area contributed by atoms with Gasteiger partial charge in [-0.05, 0) is 26.2 Å². The van der Waals surface area contributed by atoms with Crippen molar-refractivity contribution in [3.63, 3.8) is 0 Å². The highest BCUT2D eigenvalue weighted by atomic mass is 79.9. The van der Waals surface area contributed by atoms with Gasteiger partial charge in [-0.25, -0.2) is 4.79 Å². The van der Waals surface area contributed by atoms with E-state index in [0.29, 0.717) is 6.61 Å². The molecule has 130 valence electrons. The molecule has 4 heteroatoms. The van der Waals surface area contributed by atoms with Gasteiger partial charge < -0.3 is 26.2 Å². The van der Waals surface area contributed by atoms with Gasteiger partial charge in [-0.15, -0.1) is 0 Å². The van der Waals surface area contributed by atoms with E-state index in [2.05, 4.69) is 50.8 Å². The van der Waals surface area contributed by atoms with Gasteiger partial charge in [-0.2, -0.15) is 0 Å². The molecule has 1 aromatic rings. The minimum Gasteiger partial charge on any atom is -1.00 e. The van der Waals surface area contributed by atoms with E-state index in [1.165, 1.54) is 24.6 Å². The van der Waals surface area contributed by atoms with Gasteiger partial charge in [-0.3, -0.25) is 0 Å². The summed E-state index contributed by atoms with van der Waals surface area (Å²) in [5, 5.41) is 0. The van der Waals surface area contributed by atoms with E-state index in [1.807, 2.05) is 0 Å². The number of carbonyl (C=O) groups is 1. The maximum absolute atomic E-state index is 11.0. The molecule has 0 fully saturated rings. The Balaban J connectivity index is 0.00000484. The maximum atomic E-state index is 11.0. The fraction of sp³-hybridized carbons (Fsp3) is 0.526. The average Bonchev–Trinajstić information content (AvgIpc) is 2.55. The van der Waals surface area contributed by atoms with Gasteiger partial charge >= 0.3 is 5.97 Å². The van der Waals surface area contributed by atoms with E-state index < -0.39 is 0 Å². The molecule has 0 aliphatic carbocycles. The summed E-state index contributed by atoms with van der Waals surface area (Å²) in [6.45, 7) is 13.0. The van der Waals surface area contributed by atoms with Crippen LogP contribution in [0.3, 0.4) is 0 Å². The van der Waals surface area contributed by atoms with Crippen molar-refractivity contribution in [2.24, 2.45) is 0 Å². The Morgan fingerprint density at radius 2 is 1.87 bits per heavy atom. The summed E-state index contributed by atoms with van der Waals surface area (Å²) in [5.41, 5.74) is 1.40. The largest absolute Gasteiger partial charge is 1.00 e. The molecule has 0 saturated carbocycles. The Hall–Kier alpha value is -1.13. The first kappa shape index (κ1) is 21.9. The number of unbranched alkanes of at least 4 members (excludes halogenated alkanes) is 1. The van der Waals surface area contributed by atoms with E-state index in [0.717, 1.165) is 37.0 Å². The smallest absolute Gasteiger partial charge is 0.330 e. The molecule has 0 aromatic heterocycles. The van der Waals surface area contributed by atoms with Crippen LogP contribution in [0, 0.1) is 0 Å². The van der Waals surface area contributed by atoms with Crippen molar-refractivity contribution < 1.29 is 31.0 Å². The van der Waals surface area contributed by atoms with Crippen LogP contribution in [0.4, 0.5) is 0 Å². The molecule has 0 aliphatic rings. The number of halogens is 1. The van der Waals surface area contributed by atoms with Crippen LogP contribution in [-0.4, -0.2) is 36.7 Å². The van der Waals surface area contributed by atoms with E-state index in [-0.39, 0.29) is 23.0 Å². The first-order valence-electron chi connectivity index (χ1n) is 8.34. The molecule has 23 heavy (non-hydrogen) atoms. The summed E-state index contributed by atoms with van der Waals surface area (Å²) in [6, 6.07) is 10.7. The molecule has 1 atom stereocenters. The fourth-order valence-electron chi connectivity index (χ4n) is 2.92. The molecule has 0 amide bonds. The molecule has 0 spiro atoms. The predicted molar refractivity (Wildman–Crippen MR) is 91.4 cm³/mol. The van der Waals surface area contributed by atoms with E-state index in [1.54, 1.807) is 0 Å². The van der Waals surface area contributed by atoms with Crippen molar-refractivity contribution in [3.05, 3.63) is 48.6 Å². The summed E-state index contributed by atoms with van der Waals surface area (Å²) in [4.78, 5) is 11.0. The van der Waals surface area contributed by atoms with E-state index in [9.17, 15) is 4.79 Å². The summed E-state index contributed by atoms with van der Waals surface area (Å²) >= 11 is 0. The number of hydrogen-bond acceptors (Lipinski definition) is 2. The van der Waals surface area contributed by atoms with Crippen molar-refractivity contribution in [1.82, 2.24) is 0 Å². The van der Waals surface area contributed by atoms with Crippen molar-refractivity contribution in [2.45, 2.75) is 39.7 Å². The molecule has 1 unspecified atom stereocenters. The van der Waals surface area contributed by atoms with Gasteiger partial charge in [0.25, 0.3) is 0 Å². The van der Waals surface area contributed by atoms with Crippen LogP contribution in [0.25, 0.3) is 0 Å². The SMILES string of the molecule is C=CC(=O)OCCCC[N+](CC)(CCC)Cc1ccccc1.[Br-]. The molecule has 0 radical (unpaired) electrons. The van der Waals surface area contributed by atoms with Gasteiger partial charge in [0.1, 0.15) is 6.54 Å². The molecule has 0 saturated heterocycles. The standard InChI is InChI=1S/C19H30NO2.BrH/c1-4-14-20(6-3,17-18-12-8-7-9-13-18)15-10-11-16-22-19(21)5-2;/h5,7-9,12-13H,2,4,6,10-11,14-17H2,1,3H3;1H/q+1;/p-1. The summed E-state index contributed by atoms with van der Waals surface area (Å²) in [5.74, 6) is -0.325. The highest BCUT2D eigenvalue weighted by molar-refractivity contribution is 5.81. The molecule has 0 aliphatic heterocycles. The third-order valence-corrected chi connectivity index (χ3v) is 4.17. The molecular formula is C19H30BrNO2.